The fourth-order valence-corrected chi connectivity index (χ4v) is 3.86. The second kappa shape index (κ2) is 5.06. The Balaban J connectivity index is 2.30. The highest BCUT2D eigenvalue weighted by molar-refractivity contribution is 9.10. The molecule has 0 radical (unpaired) electrons. The monoisotopic (exact) mass is 318 g/mol. The van der Waals surface area contributed by atoms with Crippen LogP contribution in [0.5, 0.6) is 0 Å². The highest BCUT2D eigenvalue weighted by Crippen LogP contribution is 2.34. The van der Waals surface area contributed by atoms with Crippen LogP contribution in [0.25, 0.3) is 0 Å². The minimum absolute atomic E-state index is 0.307. The Bertz CT molecular complexity index is 417. The smallest absolute Gasteiger partial charge is 0.139 e. The summed E-state index contributed by atoms with van der Waals surface area (Å²) in [4.78, 5) is 2.24. The van der Waals surface area contributed by atoms with Gasteiger partial charge in [0.25, 0.3) is 0 Å². The number of nitrogens with zero attached hydrogens (tertiary/aromatic N) is 1. The van der Waals surface area contributed by atoms with Crippen LogP contribution in [0.4, 0.5) is 15.8 Å². The van der Waals surface area contributed by atoms with E-state index in [1.54, 1.807) is 6.07 Å². The van der Waals surface area contributed by atoms with Crippen LogP contribution >= 0.6 is 27.7 Å². The molecule has 1 fully saturated rings. The molecule has 2 rings (SSSR count). The van der Waals surface area contributed by atoms with Crippen LogP contribution in [0.3, 0.4) is 0 Å². The van der Waals surface area contributed by atoms with Gasteiger partial charge in [-0.3, -0.25) is 0 Å². The zero-order valence-electron chi connectivity index (χ0n) is 9.91. The van der Waals surface area contributed by atoms with Crippen molar-refractivity contribution in [1.82, 2.24) is 0 Å². The third-order valence-electron chi connectivity index (χ3n) is 2.83. The summed E-state index contributed by atoms with van der Waals surface area (Å²) in [5.74, 6) is -0.307. The average Bonchev–Trinajstić information content (AvgIpc) is 2.22. The number of anilines is 2. The van der Waals surface area contributed by atoms with Crippen molar-refractivity contribution in [3.05, 3.63) is 22.4 Å². The highest BCUT2D eigenvalue weighted by atomic mass is 79.9. The van der Waals surface area contributed by atoms with Gasteiger partial charge in [-0.1, -0.05) is 13.8 Å². The lowest BCUT2D eigenvalue weighted by Crippen LogP contribution is -2.40. The first-order chi connectivity index (χ1) is 7.97. The van der Waals surface area contributed by atoms with E-state index < -0.39 is 0 Å². The maximum atomic E-state index is 13.3. The Hall–Kier alpha value is -0.420. The summed E-state index contributed by atoms with van der Waals surface area (Å²) in [6.45, 7) is 6.33. The second-order valence-corrected chi connectivity index (χ2v) is 7.22. The molecule has 1 aliphatic heterocycles. The minimum Gasteiger partial charge on any atom is -0.397 e. The molecule has 1 heterocycles. The van der Waals surface area contributed by atoms with Crippen LogP contribution in [0.1, 0.15) is 13.8 Å². The number of nitrogen functional groups attached to an aromatic ring is 1. The molecule has 2 nitrogen and oxygen atoms in total. The fourth-order valence-electron chi connectivity index (χ4n) is 2.20. The first-order valence-corrected chi connectivity index (χ1v) is 7.36. The van der Waals surface area contributed by atoms with Crippen LogP contribution in [-0.2, 0) is 0 Å². The average molecular weight is 319 g/mol. The van der Waals surface area contributed by atoms with Crippen molar-refractivity contribution < 1.29 is 4.39 Å². The Morgan fingerprint density at radius 2 is 1.94 bits per heavy atom. The molecular formula is C12H16BrFN2S. The van der Waals surface area contributed by atoms with E-state index in [4.69, 9.17) is 5.73 Å². The molecule has 0 saturated carbocycles. The quantitative estimate of drug-likeness (QED) is 0.803. The SMILES string of the molecule is CC1CN(c2cc(Br)c(F)cc2N)CC(C)S1. The summed E-state index contributed by atoms with van der Waals surface area (Å²) in [6.07, 6.45) is 0. The second-order valence-electron chi connectivity index (χ2n) is 4.49. The van der Waals surface area contributed by atoms with E-state index in [0.29, 0.717) is 20.7 Å². The van der Waals surface area contributed by atoms with E-state index in [9.17, 15) is 4.39 Å². The van der Waals surface area contributed by atoms with Gasteiger partial charge < -0.3 is 10.6 Å². The number of hydrogen-bond donors (Lipinski definition) is 1. The Labute approximate surface area is 114 Å². The van der Waals surface area contributed by atoms with Crippen LogP contribution in [0.15, 0.2) is 16.6 Å². The Morgan fingerprint density at radius 3 is 2.53 bits per heavy atom. The van der Waals surface area contributed by atoms with Crippen molar-refractivity contribution in [3.63, 3.8) is 0 Å². The third kappa shape index (κ3) is 2.88. The van der Waals surface area contributed by atoms with Crippen LogP contribution in [0.2, 0.25) is 0 Å². The summed E-state index contributed by atoms with van der Waals surface area (Å²) in [5, 5.41) is 1.14. The molecule has 0 spiro atoms. The molecule has 2 atom stereocenters. The van der Waals surface area contributed by atoms with E-state index in [1.807, 2.05) is 11.8 Å². The normalized spacial score (nSPS) is 25.1. The Morgan fingerprint density at radius 1 is 1.35 bits per heavy atom. The van der Waals surface area contributed by atoms with Gasteiger partial charge in [0.15, 0.2) is 0 Å². The summed E-state index contributed by atoms with van der Waals surface area (Å²) in [6, 6.07) is 3.16. The topological polar surface area (TPSA) is 29.3 Å². The van der Waals surface area contributed by atoms with Crippen molar-refractivity contribution in [1.29, 1.82) is 0 Å². The first-order valence-electron chi connectivity index (χ1n) is 5.62. The van der Waals surface area contributed by atoms with E-state index >= 15 is 0 Å². The molecule has 0 bridgehead atoms. The lowest BCUT2D eigenvalue weighted by Gasteiger charge is -2.36. The molecule has 17 heavy (non-hydrogen) atoms. The Kier molecular flexibility index (Phi) is 3.88. The van der Waals surface area contributed by atoms with Crippen LogP contribution < -0.4 is 10.6 Å². The summed E-state index contributed by atoms with van der Waals surface area (Å²) >= 11 is 5.20. The van der Waals surface area contributed by atoms with E-state index in [2.05, 4.69) is 34.7 Å². The molecular weight excluding hydrogens is 303 g/mol. The summed E-state index contributed by atoms with van der Waals surface area (Å²) in [7, 11) is 0. The number of thioether (sulfide) groups is 1. The van der Waals surface area contributed by atoms with Crippen molar-refractivity contribution >= 4 is 39.1 Å². The van der Waals surface area contributed by atoms with Crippen molar-refractivity contribution in [2.24, 2.45) is 0 Å². The molecule has 0 aromatic heterocycles. The predicted octanol–water partition coefficient (Wildman–Crippen LogP) is 3.50. The predicted molar refractivity (Wildman–Crippen MR) is 77.2 cm³/mol. The van der Waals surface area contributed by atoms with Crippen LogP contribution in [-0.4, -0.2) is 23.6 Å². The number of rotatable bonds is 1. The lowest BCUT2D eigenvalue weighted by molar-refractivity contribution is 0.621. The zero-order chi connectivity index (χ0) is 12.6. The number of benzene rings is 1. The summed E-state index contributed by atoms with van der Waals surface area (Å²) < 4.78 is 13.8. The number of hydrogen-bond acceptors (Lipinski definition) is 3. The molecule has 1 aliphatic rings. The van der Waals surface area contributed by atoms with E-state index in [-0.39, 0.29) is 5.82 Å². The molecule has 0 aliphatic carbocycles. The van der Waals surface area contributed by atoms with Gasteiger partial charge in [-0.2, -0.15) is 11.8 Å². The molecule has 94 valence electrons. The van der Waals surface area contributed by atoms with Gasteiger partial charge in [-0.15, -0.1) is 0 Å². The molecule has 0 amide bonds. The van der Waals surface area contributed by atoms with Crippen LogP contribution in [0, 0.1) is 5.82 Å². The largest absolute Gasteiger partial charge is 0.397 e. The minimum atomic E-state index is -0.307. The van der Waals surface area contributed by atoms with Gasteiger partial charge in [0.2, 0.25) is 0 Å². The maximum absolute atomic E-state index is 13.3. The van der Waals surface area contributed by atoms with Gasteiger partial charge in [0.05, 0.1) is 15.8 Å². The van der Waals surface area contributed by atoms with Crippen molar-refractivity contribution in [2.45, 2.75) is 24.3 Å². The molecule has 2 N–H and O–H groups in total. The number of halogens is 2. The van der Waals surface area contributed by atoms with E-state index in [1.165, 1.54) is 6.07 Å². The zero-order valence-corrected chi connectivity index (χ0v) is 12.3. The molecule has 5 heteroatoms. The van der Waals surface area contributed by atoms with Gasteiger partial charge in [-0.25, -0.2) is 4.39 Å². The van der Waals surface area contributed by atoms with Gasteiger partial charge >= 0.3 is 0 Å². The first kappa shape index (κ1) is 13.0. The maximum Gasteiger partial charge on any atom is 0.139 e. The van der Waals surface area contributed by atoms with Crippen molar-refractivity contribution in [3.8, 4) is 0 Å². The molecule has 2 unspecified atom stereocenters. The van der Waals surface area contributed by atoms with Gasteiger partial charge in [0, 0.05) is 29.7 Å². The van der Waals surface area contributed by atoms with Gasteiger partial charge in [-0.05, 0) is 22.0 Å². The van der Waals surface area contributed by atoms with Gasteiger partial charge in [0.1, 0.15) is 5.82 Å². The van der Waals surface area contributed by atoms with E-state index in [0.717, 1.165) is 18.8 Å². The third-order valence-corrected chi connectivity index (χ3v) is 4.66. The highest BCUT2D eigenvalue weighted by Gasteiger charge is 2.24. The molecule has 1 aromatic rings. The fraction of sp³-hybridized carbons (Fsp3) is 0.500. The lowest BCUT2D eigenvalue weighted by atomic mass is 10.2. The number of nitrogens with two attached hydrogens (primary N) is 1. The molecule has 1 aromatic carbocycles. The standard InChI is InChI=1S/C12H16BrFN2S/c1-7-5-16(6-8(2)17-7)12-3-9(13)10(14)4-11(12)15/h3-4,7-8H,5-6,15H2,1-2H3. The summed E-state index contributed by atoms with van der Waals surface area (Å²) in [5.41, 5.74) is 7.34. The van der Waals surface area contributed by atoms with Crippen molar-refractivity contribution in [2.75, 3.05) is 23.7 Å². The molecule has 1 saturated heterocycles.